The Bertz CT molecular complexity index is 758. The van der Waals surface area contributed by atoms with Crippen LogP contribution < -0.4 is 10.6 Å². The molecule has 166 valence electrons. The van der Waals surface area contributed by atoms with Gasteiger partial charge in [0, 0.05) is 45.6 Å². The van der Waals surface area contributed by atoms with E-state index in [1.54, 1.807) is 13.2 Å². The van der Waals surface area contributed by atoms with Crippen molar-refractivity contribution >= 4 is 29.9 Å². The lowest BCUT2D eigenvalue weighted by Gasteiger charge is -2.21. The molecule has 0 atom stereocenters. The first kappa shape index (κ1) is 24.6. The Kier molecular flexibility index (Phi) is 11.2. The van der Waals surface area contributed by atoms with Crippen LogP contribution in [0.5, 0.6) is 0 Å². The fourth-order valence-corrected chi connectivity index (χ4v) is 3.17. The van der Waals surface area contributed by atoms with Crippen LogP contribution in [0.15, 0.2) is 39.9 Å². The van der Waals surface area contributed by atoms with Gasteiger partial charge in [0.2, 0.25) is 5.89 Å². The molecule has 2 N–H and O–H groups in total. The summed E-state index contributed by atoms with van der Waals surface area (Å²) in [6, 6.07) is 8.21. The summed E-state index contributed by atoms with van der Waals surface area (Å²) < 4.78 is 17.0. The van der Waals surface area contributed by atoms with Crippen molar-refractivity contribution in [3.63, 3.8) is 0 Å². The van der Waals surface area contributed by atoms with E-state index in [1.165, 1.54) is 5.56 Å². The fraction of sp³-hybridized carbons (Fsp3) is 0.545. The minimum absolute atomic E-state index is 0. The molecule has 0 bridgehead atoms. The molecule has 30 heavy (non-hydrogen) atoms. The number of guanidine groups is 1. The number of halogens is 1. The summed E-state index contributed by atoms with van der Waals surface area (Å²) >= 11 is 0. The number of nitrogens with zero attached hydrogens (tertiary/aromatic N) is 2. The first-order valence-corrected chi connectivity index (χ1v) is 10.4. The van der Waals surface area contributed by atoms with E-state index in [9.17, 15) is 0 Å². The lowest BCUT2D eigenvalue weighted by Crippen LogP contribution is -2.37. The highest BCUT2D eigenvalue weighted by molar-refractivity contribution is 14.0. The number of oxazole rings is 1. The molecule has 1 fully saturated rings. The van der Waals surface area contributed by atoms with Crippen LogP contribution >= 0.6 is 24.0 Å². The predicted octanol–water partition coefficient (Wildman–Crippen LogP) is 3.77. The van der Waals surface area contributed by atoms with Crippen LogP contribution in [0.4, 0.5) is 0 Å². The molecule has 0 saturated carbocycles. The molecule has 1 saturated heterocycles. The van der Waals surface area contributed by atoms with Gasteiger partial charge in [-0.25, -0.2) is 4.98 Å². The normalized spacial score (nSPS) is 14.9. The number of hydrogen-bond donors (Lipinski definition) is 2. The molecule has 0 spiro atoms. The van der Waals surface area contributed by atoms with Crippen LogP contribution in [0.25, 0.3) is 11.3 Å². The Morgan fingerprint density at radius 3 is 2.70 bits per heavy atom. The zero-order valence-electron chi connectivity index (χ0n) is 17.9. The van der Waals surface area contributed by atoms with Gasteiger partial charge in [-0.15, -0.1) is 24.0 Å². The van der Waals surface area contributed by atoms with Crippen molar-refractivity contribution in [2.45, 2.75) is 32.7 Å². The predicted molar refractivity (Wildman–Crippen MR) is 129 cm³/mol. The second-order valence-corrected chi connectivity index (χ2v) is 7.32. The lowest BCUT2D eigenvalue weighted by molar-refractivity contribution is 0.0203. The summed E-state index contributed by atoms with van der Waals surface area (Å²) in [4.78, 5) is 8.58. The topological polar surface area (TPSA) is 80.9 Å². The Labute approximate surface area is 196 Å². The molecule has 0 aliphatic carbocycles. The van der Waals surface area contributed by atoms with Gasteiger partial charge in [0.15, 0.2) is 11.7 Å². The van der Waals surface area contributed by atoms with E-state index in [0.717, 1.165) is 69.5 Å². The first-order chi connectivity index (χ1) is 14.2. The van der Waals surface area contributed by atoms with Gasteiger partial charge in [0.05, 0.1) is 12.7 Å². The van der Waals surface area contributed by atoms with E-state index in [1.807, 2.05) is 12.1 Å². The molecule has 2 aromatic rings. The van der Waals surface area contributed by atoms with Gasteiger partial charge in [0.25, 0.3) is 0 Å². The van der Waals surface area contributed by atoms with Gasteiger partial charge >= 0.3 is 0 Å². The number of aliphatic imine (C=N–C) groups is 1. The number of hydrogen-bond acceptors (Lipinski definition) is 5. The molecular weight excluding hydrogens is 495 g/mol. The molecular formula is C22H33IN4O3. The van der Waals surface area contributed by atoms with E-state index in [0.29, 0.717) is 18.4 Å². The van der Waals surface area contributed by atoms with Crippen molar-refractivity contribution in [1.29, 1.82) is 0 Å². The molecule has 0 radical (unpaired) electrons. The molecule has 0 amide bonds. The summed E-state index contributed by atoms with van der Waals surface area (Å²) in [5, 5.41) is 6.52. The maximum absolute atomic E-state index is 5.83. The minimum atomic E-state index is 0. The summed E-state index contributed by atoms with van der Waals surface area (Å²) in [6.07, 6.45) is 4.91. The monoisotopic (exact) mass is 528 g/mol. The van der Waals surface area contributed by atoms with Crippen LogP contribution in [-0.4, -0.2) is 51.0 Å². The molecule has 1 aromatic carbocycles. The van der Waals surface area contributed by atoms with Crippen molar-refractivity contribution in [2.24, 2.45) is 10.9 Å². The fourth-order valence-electron chi connectivity index (χ4n) is 3.17. The van der Waals surface area contributed by atoms with Crippen molar-refractivity contribution in [3.05, 3.63) is 41.9 Å². The Balaban J connectivity index is 0.00000320. The number of benzene rings is 1. The minimum Gasteiger partial charge on any atom is -0.439 e. The van der Waals surface area contributed by atoms with Gasteiger partial charge in [0.1, 0.15) is 0 Å². The lowest BCUT2D eigenvalue weighted by atomic mass is 10.0. The Morgan fingerprint density at radius 1 is 1.20 bits per heavy atom. The third kappa shape index (κ3) is 8.23. The maximum Gasteiger partial charge on any atom is 0.214 e. The quantitative estimate of drug-likeness (QED) is 0.223. The largest absolute Gasteiger partial charge is 0.439 e. The van der Waals surface area contributed by atoms with Gasteiger partial charge in [-0.1, -0.05) is 29.8 Å². The highest BCUT2D eigenvalue weighted by atomic mass is 127. The molecule has 0 unspecified atom stereocenters. The molecule has 1 aliphatic heterocycles. The Hall–Kier alpha value is -1.65. The third-order valence-electron chi connectivity index (χ3n) is 4.97. The molecule has 7 nitrogen and oxygen atoms in total. The van der Waals surface area contributed by atoms with Crippen LogP contribution in [0.2, 0.25) is 0 Å². The van der Waals surface area contributed by atoms with E-state index in [-0.39, 0.29) is 24.0 Å². The average molecular weight is 528 g/mol. The molecule has 1 aromatic heterocycles. The highest BCUT2D eigenvalue weighted by Crippen LogP contribution is 2.20. The van der Waals surface area contributed by atoms with E-state index < -0.39 is 0 Å². The third-order valence-corrected chi connectivity index (χ3v) is 4.97. The summed E-state index contributed by atoms with van der Waals surface area (Å²) in [5.41, 5.74) is 2.25. The zero-order valence-corrected chi connectivity index (χ0v) is 20.2. The zero-order chi connectivity index (χ0) is 20.3. The van der Waals surface area contributed by atoms with Gasteiger partial charge in [-0.05, 0) is 32.1 Å². The smallest absolute Gasteiger partial charge is 0.214 e. The SMILES string of the molecule is CN=C(NCCCOCC1CCOCC1)NCc1ncc(-c2ccc(C)cc2)o1.I. The molecule has 3 rings (SSSR count). The van der Waals surface area contributed by atoms with Gasteiger partial charge in [-0.2, -0.15) is 0 Å². The summed E-state index contributed by atoms with van der Waals surface area (Å²) in [7, 11) is 1.75. The number of ether oxygens (including phenoxy) is 2. The van der Waals surface area contributed by atoms with Crippen LogP contribution in [-0.2, 0) is 16.0 Å². The number of aryl methyl sites for hydroxylation is 1. The van der Waals surface area contributed by atoms with Gasteiger partial charge in [-0.3, -0.25) is 4.99 Å². The summed E-state index contributed by atoms with van der Waals surface area (Å²) in [5.74, 6) is 2.77. The number of nitrogens with one attached hydrogen (secondary N) is 2. The number of rotatable bonds is 9. The molecule has 1 aliphatic rings. The maximum atomic E-state index is 5.83. The van der Waals surface area contributed by atoms with Crippen molar-refractivity contribution in [3.8, 4) is 11.3 Å². The van der Waals surface area contributed by atoms with E-state index >= 15 is 0 Å². The van der Waals surface area contributed by atoms with Crippen LogP contribution in [0.3, 0.4) is 0 Å². The second kappa shape index (κ2) is 13.6. The highest BCUT2D eigenvalue weighted by Gasteiger charge is 2.13. The first-order valence-electron chi connectivity index (χ1n) is 10.4. The van der Waals surface area contributed by atoms with Crippen molar-refractivity contribution < 1.29 is 13.9 Å². The van der Waals surface area contributed by atoms with E-state index in [4.69, 9.17) is 13.9 Å². The Morgan fingerprint density at radius 2 is 1.97 bits per heavy atom. The second-order valence-electron chi connectivity index (χ2n) is 7.32. The van der Waals surface area contributed by atoms with Crippen LogP contribution in [0, 0.1) is 12.8 Å². The van der Waals surface area contributed by atoms with Crippen molar-refractivity contribution in [1.82, 2.24) is 15.6 Å². The molecule has 2 heterocycles. The molecule has 8 heteroatoms. The van der Waals surface area contributed by atoms with Gasteiger partial charge < -0.3 is 24.5 Å². The van der Waals surface area contributed by atoms with Crippen LogP contribution in [0.1, 0.15) is 30.7 Å². The van der Waals surface area contributed by atoms with Crippen molar-refractivity contribution in [2.75, 3.05) is 40.0 Å². The number of aromatic nitrogens is 1. The summed E-state index contributed by atoms with van der Waals surface area (Å²) in [6.45, 7) is 6.67. The average Bonchev–Trinajstić information content (AvgIpc) is 3.23. The van der Waals surface area contributed by atoms with E-state index in [2.05, 4.69) is 39.7 Å². The standard InChI is InChI=1S/C22H32N4O3.HI/c1-17-4-6-19(7-5-17)20-14-25-21(29-20)15-26-22(23-2)24-10-3-11-28-16-18-8-12-27-13-9-18;/h4-7,14,18H,3,8-13,15-16H2,1-2H3,(H2,23,24,26);1H.